The van der Waals surface area contributed by atoms with Gasteiger partial charge in [-0.05, 0) is 80.9 Å². The van der Waals surface area contributed by atoms with Gasteiger partial charge in [0.25, 0.3) is 0 Å². The van der Waals surface area contributed by atoms with Gasteiger partial charge in [0.2, 0.25) is 0 Å². The molecular formula is C54H33N3O. The molecule has 0 atom stereocenters. The lowest BCUT2D eigenvalue weighted by Gasteiger charge is -2.39. The van der Waals surface area contributed by atoms with Crippen molar-refractivity contribution in [1.29, 1.82) is 5.26 Å². The first kappa shape index (κ1) is 33.5. The molecule has 1 aliphatic heterocycles. The zero-order valence-electron chi connectivity index (χ0n) is 31.3. The van der Waals surface area contributed by atoms with Crippen LogP contribution in [-0.4, -0.2) is 9.97 Å². The van der Waals surface area contributed by atoms with Gasteiger partial charge in [0.1, 0.15) is 11.5 Å². The van der Waals surface area contributed by atoms with Gasteiger partial charge in [0.05, 0.1) is 28.4 Å². The zero-order valence-corrected chi connectivity index (χ0v) is 31.3. The Morgan fingerprint density at radius 1 is 0.379 bits per heavy atom. The van der Waals surface area contributed by atoms with Gasteiger partial charge >= 0.3 is 0 Å². The van der Waals surface area contributed by atoms with Crippen LogP contribution < -0.4 is 4.74 Å². The molecular weight excluding hydrogens is 707 g/mol. The van der Waals surface area contributed by atoms with E-state index in [1.807, 2.05) is 72.8 Å². The SMILES string of the molecule is N#Cc1ccccc1-c1ccc(-c2ccc3c(c2)C2(c4ccccc4Oc4ccccc42)c2cc(-c4cc(-c5ccccc5)nc(-c5ccccc5)n4)ccc2-3)cc1. The number of aromatic nitrogens is 2. The Hall–Kier alpha value is -7.87. The van der Waals surface area contributed by atoms with Gasteiger partial charge in [0, 0.05) is 27.8 Å². The third-order valence-corrected chi connectivity index (χ3v) is 11.6. The highest BCUT2D eigenvalue weighted by molar-refractivity contribution is 5.92. The molecule has 0 bridgehead atoms. The second-order valence-corrected chi connectivity index (χ2v) is 14.8. The molecule has 270 valence electrons. The van der Waals surface area contributed by atoms with E-state index in [2.05, 4.69) is 133 Å². The van der Waals surface area contributed by atoms with Gasteiger partial charge in [-0.1, -0.05) is 164 Å². The summed E-state index contributed by atoms with van der Waals surface area (Å²) in [5, 5.41) is 9.77. The molecule has 4 nitrogen and oxygen atoms in total. The van der Waals surface area contributed by atoms with Crippen LogP contribution in [0.4, 0.5) is 0 Å². The van der Waals surface area contributed by atoms with E-state index < -0.39 is 5.41 Å². The van der Waals surface area contributed by atoms with Gasteiger partial charge in [-0.25, -0.2) is 9.97 Å². The summed E-state index contributed by atoms with van der Waals surface area (Å²) in [5.74, 6) is 2.37. The molecule has 8 aromatic carbocycles. The summed E-state index contributed by atoms with van der Waals surface area (Å²) in [6.07, 6.45) is 0. The summed E-state index contributed by atoms with van der Waals surface area (Å²) in [6, 6.07) is 71.9. The number of rotatable bonds is 5. The molecule has 4 heteroatoms. The van der Waals surface area contributed by atoms with Crippen LogP contribution in [0.5, 0.6) is 11.5 Å². The van der Waals surface area contributed by atoms with Crippen molar-refractivity contribution in [2.24, 2.45) is 0 Å². The second-order valence-electron chi connectivity index (χ2n) is 14.8. The van der Waals surface area contributed by atoms with E-state index in [1.165, 1.54) is 22.3 Å². The maximum absolute atomic E-state index is 9.77. The molecule has 0 radical (unpaired) electrons. The molecule has 1 aliphatic carbocycles. The topological polar surface area (TPSA) is 58.8 Å². The number of para-hydroxylation sites is 2. The predicted octanol–water partition coefficient (Wildman–Crippen LogP) is 13.2. The number of hydrogen-bond donors (Lipinski definition) is 0. The summed E-state index contributed by atoms with van der Waals surface area (Å²) >= 11 is 0. The molecule has 0 fully saturated rings. The van der Waals surface area contributed by atoms with Gasteiger partial charge in [0.15, 0.2) is 5.82 Å². The Balaban J connectivity index is 1.13. The fraction of sp³-hybridized carbons (Fsp3) is 0.0185. The molecule has 1 aromatic heterocycles. The molecule has 0 N–H and O–H groups in total. The average molecular weight is 740 g/mol. The Morgan fingerprint density at radius 3 is 1.53 bits per heavy atom. The van der Waals surface area contributed by atoms with Crippen molar-refractivity contribution in [3.63, 3.8) is 0 Å². The number of hydrogen-bond acceptors (Lipinski definition) is 4. The Kier molecular flexibility index (Phi) is 7.74. The minimum Gasteiger partial charge on any atom is -0.457 e. The number of benzene rings is 8. The zero-order chi connectivity index (χ0) is 38.6. The molecule has 0 amide bonds. The summed E-state index contributed by atoms with van der Waals surface area (Å²) in [5.41, 5.74) is 15.9. The highest BCUT2D eigenvalue weighted by Crippen LogP contribution is 2.62. The van der Waals surface area contributed by atoms with Crippen molar-refractivity contribution in [2.45, 2.75) is 5.41 Å². The highest BCUT2D eigenvalue weighted by atomic mass is 16.5. The molecule has 11 rings (SSSR count). The van der Waals surface area contributed by atoms with Crippen LogP contribution in [0.1, 0.15) is 27.8 Å². The summed E-state index contributed by atoms with van der Waals surface area (Å²) in [4.78, 5) is 10.3. The molecule has 2 heterocycles. The van der Waals surface area contributed by atoms with E-state index in [1.54, 1.807) is 0 Å². The largest absolute Gasteiger partial charge is 0.457 e. The van der Waals surface area contributed by atoms with Crippen LogP contribution in [0.2, 0.25) is 0 Å². The fourth-order valence-electron chi connectivity index (χ4n) is 8.98. The summed E-state index contributed by atoms with van der Waals surface area (Å²) < 4.78 is 6.68. The number of fused-ring (bicyclic) bond motifs is 9. The second kappa shape index (κ2) is 13.4. The number of nitriles is 1. The van der Waals surface area contributed by atoms with Gasteiger partial charge in [-0.3, -0.25) is 0 Å². The van der Waals surface area contributed by atoms with Gasteiger partial charge in [-0.2, -0.15) is 5.26 Å². The molecule has 58 heavy (non-hydrogen) atoms. The van der Waals surface area contributed by atoms with E-state index in [9.17, 15) is 5.26 Å². The van der Waals surface area contributed by atoms with Crippen LogP contribution in [0, 0.1) is 11.3 Å². The lowest BCUT2D eigenvalue weighted by atomic mass is 9.65. The van der Waals surface area contributed by atoms with Crippen molar-refractivity contribution >= 4 is 0 Å². The predicted molar refractivity (Wildman–Crippen MR) is 231 cm³/mol. The Bertz CT molecular complexity index is 2990. The average Bonchev–Trinajstić information content (AvgIpc) is 3.58. The van der Waals surface area contributed by atoms with Crippen molar-refractivity contribution in [1.82, 2.24) is 9.97 Å². The van der Waals surface area contributed by atoms with Crippen molar-refractivity contribution in [3.8, 4) is 84.9 Å². The van der Waals surface area contributed by atoms with Crippen LogP contribution >= 0.6 is 0 Å². The fourth-order valence-corrected chi connectivity index (χ4v) is 8.98. The van der Waals surface area contributed by atoms with Crippen molar-refractivity contribution in [3.05, 3.63) is 228 Å². The van der Waals surface area contributed by atoms with E-state index in [4.69, 9.17) is 14.7 Å². The molecule has 0 saturated heterocycles. The minimum absolute atomic E-state index is 0.665. The van der Waals surface area contributed by atoms with Crippen molar-refractivity contribution in [2.75, 3.05) is 0 Å². The minimum atomic E-state index is -0.675. The lowest BCUT2D eigenvalue weighted by molar-refractivity contribution is 0.436. The first-order valence-electron chi connectivity index (χ1n) is 19.5. The van der Waals surface area contributed by atoms with Gasteiger partial charge < -0.3 is 4.74 Å². The Morgan fingerprint density at radius 2 is 0.879 bits per heavy atom. The first-order valence-corrected chi connectivity index (χ1v) is 19.5. The molecule has 0 saturated carbocycles. The van der Waals surface area contributed by atoms with E-state index >= 15 is 0 Å². The van der Waals surface area contributed by atoms with Crippen molar-refractivity contribution < 1.29 is 4.74 Å². The lowest BCUT2D eigenvalue weighted by Crippen LogP contribution is -2.32. The standard InChI is InChI=1S/C54H33N3O/c55-34-41-17-7-8-18-42(41)36-25-23-35(24-26-36)39-27-29-43-44-30-28-40(50-33-49(37-13-3-1-4-14-37)56-53(57-50)38-15-5-2-6-16-38)32-48(44)54(47(43)31-39)45-19-9-11-21-51(45)58-52-22-12-10-20-46(52)54/h1-33H. The van der Waals surface area contributed by atoms with Crippen LogP contribution in [-0.2, 0) is 5.41 Å². The quantitative estimate of drug-likeness (QED) is 0.176. The monoisotopic (exact) mass is 739 g/mol. The molecule has 9 aromatic rings. The van der Waals surface area contributed by atoms with Crippen LogP contribution in [0.15, 0.2) is 200 Å². The van der Waals surface area contributed by atoms with E-state index in [-0.39, 0.29) is 0 Å². The summed E-state index contributed by atoms with van der Waals surface area (Å²) in [6.45, 7) is 0. The van der Waals surface area contributed by atoms with E-state index in [0.717, 1.165) is 73.0 Å². The van der Waals surface area contributed by atoms with Gasteiger partial charge in [-0.15, -0.1) is 0 Å². The smallest absolute Gasteiger partial charge is 0.160 e. The van der Waals surface area contributed by atoms with Crippen LogP contribution in [0.3, 0.4) is 0 Å². The maximum Gasteiger partial charge on any atom is 0.160 e. The first-order chi connectivity index (χ1) is 28.7. The molecule has 2 aliphatic rings. The highest BCUT2D eigenvalue weighted by Gasteiger charge is 2.51. The van der Waals surface area contributed by atoms with Crippen LogP contribution in [0.25, 0.3) is 67.3 Å². The third-order valence-electron chi connectivity index (χ3n) is 11.6. The Labute approximate surface area is 337 Å². The van der Waals surface area contributed by atoms with E-state index in [0.29, 0.717) is 11.4 Å². The number of nitrogens with zero attached hydrogens (tertiary/aromatic N) is 3. The molecule has 1 spiro atoms. The number of ether oxygens (including phenoxy) is 1. The molecule has 0 unspecified atom stereocenters. The maximum atomic E-state index is 9.77. The summed E-state index contributed by atoms with van der Waals surface area (Å²) in [7, 11) is 0. The third kappa shape index (κ3) is 5.22. The normalized spacial score (nSPS) is 12.7.